The molecule has 0 spiro atoms. The summed E-state index contributed by atoms with van der Waals surface area (Å²) in [7, 11) is -2.60. The van der Waals surface area contributed by atoms with Gasteiger partial charge in [0.1, 0.15) is 0 Å². The summed E-state index contributed by atoms with van der Waals surface area (Å²) in [5.41, 5.74) is 0. The molecule has 0 heterocycles. The Labute approximate surface area is 53.0 Å². The van der Waals surface area contributed by atoms with Crippen molar-refractivity contribution in [3.8, 4) is 0 Å². The Morgan fingerprint density at radius 2 is 2.44 bits per heavy atom. The van der Waals surface area contributed by atoms with Gasteiger partial charge in [-0.2, -0.15) is 0 Å². The molecule has 0 saturated carbocycles. The normalized spacial score (nSPS) is 10.7. The summed E-state index contributed by atoms with van der Waals surface area (Å²) >= 11 is 0. The molecule has 1 amide bonds. The van der Waals surface area contributed by atoms with Crippen molar-refractivity contribution in [2.45, 2.75) is 6.92 Å². The molecule has 2 N–H and O–H groups in total. The van der Waals surface area contributed by atoms with E-state index in [0.29, 0.717) is 0 Å². The molecule has 0 aliphatic carbocycles. The van der Waals surface area contributed by atoms with Crippen LogP contribution in [0, 0.1) is 0 Å². The summed E-state index contributed by atoms with van der Waals surface area (Å²) in [4.78, 5) is 18.1. The molecule has 0 aliphatic heterocycles. The number of carbonyl (C=O) groups is 1. The van der Waals surface area contributed by atoms with Gasteiger partial charge in [-0.3, -0.25) is 4.79 Å². The molecule has 0 rings (SSSR count). The molecule has 0 fully saturated rings. The van der Waals surface area contributed by atoms with E-state index < -0.39 is 8.25 Å². The maximum atomic E-state index is 10.1. The van der Waals surface area contributed by atoms with Gasteiger partial charge in [-0.25, -0.2) is 0 Å². The molecule has 0 aliphatic rings. The van der Waals surface area contributed by atoms with Crippen molar-refractivity contribution in [1.82, 2.24) is 5.32 Å². The van der Waals surface area contributed by atoms with E-state index in [1.807, 2.05) is 0 Å². The van der Waals surface area contributed by atoms with Crippen molar-refractivity contribution in [2.24, 2.45) is 0 Å². The zero-order chi connectivity index (χ0) is 7.28. The zero-order valence-electron chi connectivity index (χ0n) is 4.83. The fraction of sp³-hybridized carbons (Fsp3) is 0.667. The third-order valence-corrected chi connectivity index (χ3v) is 0.846. The molecule has 0 saturated heterocycles. The van der Waals surface area contributed by atoms with E-state index in [4.69, 9.17) is 4.89 Å². The minimum Gasteiger partial charge on any atom is -0.329 e. The number of carbonyl (C=O) groups excluding carboxylic acids is 1. The highest BCUT2D eigenvalue weighted by Gasteiger charge is 2.10. The first-order valence-corrected chi connectivity index (χ1v) is 3.29. The monoisotopic (exact) mass is 152 g/mol. The molecule has 9 heavy (non-hydrogen) atoms. The van der Waals surface area contributed by atoms with Gasteiger partial charge in [-0.15, -0.1) is 4.89 Å². The number of hydrogen-bond donors (Lipinski definition) is 2. The van der Waals surface area contributed by atoms with E-state index in [2.05, 4.69) is 9.84 Å². The number of nitrogens with one attached hydrogen (secondary N) is 1. The third kappa shape index (κ3) is 7.49. The minimum atomic E-state index is -2.60. The summed E-state index contributed by atoms with van der Waals surface area (Å²) in [6.07, 6.45) is 0. The summed E-state index contributed by atoms with van der Waals surface area (Å²) in [6, 6.07) is 0. The Hall–Kier alpha value is -0.510. The molecule has 0 aromatic heterocycles. The first-order chi connectivity index (χ1) is 4.13. The average molecular weight is 152 g/mol. The Balaban J connectivity index is 3.10. The SMILES string of the molecule is CC(=O)NCO[P+](=O)O. The predicted molar refractivity (Wildman–Crippen MR) is 29.6 cm³/mol. The smallest absolute Gasteiger partial charge is 0.329 e. The maximum absolute atomic E-state index is 10.1. The van der Waals surface area contributed by atoms with Crippen molar-refractivity contribution >= 4 is 14.2 Å². The van der Waals surface area contributed by atoms with Gasteiger partial charge < -0.3 is 5.32 Å². The second-order valence-electron chi connectivity index (χ2n) is 1.24. The average Bonchev–Trinajstić information content (AvgIpc) is 1.63. The van der Waals surface area contributed by atoms with E-state index in [9.17, 15) is 9.36 Å². The van der Waals surface area contributed by atoms with Crippen LogP contribution in [-0.2, 0) is 13.9 Å². The topological polar surface area (TPSA) is 75.6 Å². The third-order valence-electron chi connectivity index (χ3n) is 0.496. The molecule has 0 radical (unpaired) electrons. The maximum Gasteiger partial charge on any atom is 0.696 e. The molecule has 0 bridgehead atoms. The van der Waals surface area contributed by atoms with Crippen LogP contribution in [0.1, 0.15) is 6.92 Å². The van der Waals surface area contributed by atoms with Gasteiger partial charge in [0.2, 0.25) is 5.91 Å². The predicted octanol–water partition coefficient (Wildman–Crippen LogP) is -0.254. The molecule has 0 aromatic carbocycles. The number of amides is 1. The molecular weight excluding hydrogens is 145 g/mol. The van der Waals surface area contributed by atoms with Crippen LogP contribution in [0.2, 0.25) is 0 Å². The van der Waals surface area contributed by atoms with Gasteiger partial charge in [-0.1, -0.05) is 4.52 Å². The van der Waals surface area contributed by atoms with Crippen LogP contribution in [0.4, 0.5) is 0 Å². The van der Waals surface area contributed by atoms with Crippen molar-refractivity contribution in [3.05, 3.63) is 0 Å². The Bertz CT molecular complexity index is 111. The largest absolute Gasteiger partial charge is 0.696 e. The van der Waals surface area contributed by atoms with Gasteiger partial charge in [-0.05, 0) is 0 Å². The molecular formula is C3H7NO4P+. The molecule has 1 unspecified atom stereocenters. The van der Waals surface area contributed by atoms with Crippen LogP contribution in [0.25, 0.3) is 0 Å². The Kier molecular flexibility index (Phi) is 4.13. The summed E-state index contributed by atoms with van der Waals surface area (Å²) < 4.78 is 13.8. The molecule has 52 valence electrons. The number of rotatable bonds is 3. The van der Waals surface area contributed by atoms with Crippen molar-refractivity contribution in [2.75, 3.05) is 6.73 Å². The van der Waals surface area contributed by atoms with Crippen LogP contribution >= 0.6 is 8.25 Å². The van der Waals surface area contributed by atoms with Gasteiger partial charge in [0.15, 0.2) is 6.73 Å². The molecule has 6 heteroatoms. The Morgan fingerprint density at radius 1 is 1.89 bits per heavy atom. The van der Waals surface area contributed by atoms with Crippen LogP contribution in [0.15, 0.2) is 0 Å². The molecule has 5 nitrogen and oxygen atoms in total. The van der Waals surface area contributed by atoms with Crippen LogP contribution in [0.5, 0.6) is 0 Å². The highest BCUT2D eigenvalue weighted by atomic mass is 31.1. The quantitative estimate of drug-likeness (QED) is 0.431. The molecule has 0 aromatic rings. The fourth-order valence-electron chi connectivity index (χ4n) is 0.189. The van der Waals surface area contributed by atoms with Crippen LogP contribution in [0.3, 0.4) is 0 Å². The van der Waals surface area contributed by atoms with Crippen LogP contribution < -0.4 is 5.32 Å². The summed E-state index contributed by atoms with van der Waals surface area (Å²) in [5.74, 6) is -0.299. The lowest BCUT2D eigenvalue weighted by Crippen LogP contribution is -2.21. The lowest BCUT2D eigenvalue weighted by Gasteiger charge is -1.90. The minimum absolute atomic E-state index is 0.221. The highest BCUT2D eigenvalue weighted by molar-refractivity contribution is 7.32. The fourth-order valence-corrected chi connectivity index (χ4v) is 0.364. The summed E-state index contributed by atoms with van der Waals surface area (Å²) in [6.45, 7) is 1.06. The van der Waals surface area contributed by atoms with Crippen LogP contribution in [-0.4, -0.2) is 17.5 Å². The van der Waals surface area contributed by atoms with E-state index in [0.717, 1.165) is 0 Å². The number of hydrogen-bond acceptors (Lipinski definition) is 3. The highest BCUT2D eigenvalue weighted by Crippen LogP contribution is 2.11. The van der Waals surface area contributed by atoms with Gasteiger partial charge in [0, 0.05) is 11.5 Å². The second kappa shape index (κ2) is 4.38. The zero-order valence-corrected chi connectivity index (χ0v) is 5.72. The second-order valence-corrected chi connectivity index (χ2v) is 1.98. The van der Waals surface area contributed by atoms with E-state index in [1.165, 1.54) is 6.92 Å². The van der Waals surface area contributed by atoms with Gasteiger partial charge >= 0.3 is 8.25 Å². The first-order valence-electron chi connectivity index (χ1n) is 2.16. The van der Waals surface area contributed by atoms with E-state index in [1.54, 1.807) is 0 Å². The Morgan fingerprint density at radius 3 is 2.78 bits per heavy atom. The summed E-state index contributed by atoms with van der Waals surface area (Å²) in [5, 5.41) is 2.17. The van der Waals surface area contributed by atoms with Gasteiger partial charge in [0.25, 0.3) is 0 Å². The van der Waals surface area contributed by atoms with Crippen molar-refractivity contribution < 1.29 is 18.8 Å². The van der Waals surface area contributed by atoms with Crippen molar-refractivity contribution in [1.29, 1.82) is 0 Å². The standard InChI is InChI=1S/C3H6NO4P/c1-3(5)4-2-8-9(6)7/h2H2,1H3,(H-,4,5,6,7)/p+1. The lowest BCUT2D eigenvalue weighted by atomic mass is 10.7. The molecule has 1 atom stereocenters. The van der Waals surface area contributed by atoms with Gasteiger partial charge in [0.05, 0.1) is 0 Å². The van der Waals surface area contributed by atoms with E-state index in [-0.39, 0.29) is 12.6 Å². The van der Waals surface area contributed by atoms with Crippen molar-refractivity contribution in [3.63, 3.8) is 0 Å². The first kappa shape index (κ1) is 8.49. The lowest BCUT2D eigenvalue weighted by molar-refractivity contribution is -0.119. The van der Waals surface area contributed by atoms with E-state index >= 15 is 0 Å².